The van der Waals surface area contributed by atoms with Gasteiger partial charge in [-0.05, 0) is 46.5 Å². The average molecular weight is 347 g/mol. The third kappa shape index (κ3) is 2.39. The first-order chi connectivity index (χ1) is 9.69. The zero-order chi connectivity index (χ0) is 14.1. The number of H-pyrrole nitrogens is 1. The molecule has 0 aliphatic carbocycles. The van der Waals surface area contributed by atoms with Crippen molar-refractivity contribution in [2.24, 2.45) is 0 Å². The van der Waals surface area contributed by atoms with E-state index in [4.69, 9.17) is 0 Å². The van der Waals surface area contributed by atoms with Crippen molar-refractivity contribution in [3.05, 3.63) is 57.3 Å². The molecule has 100 valence electrons. The summed E-state index contributed by atoms with van der Waals surface area (Å²) in [6.45, 7) is 0. The highest BCUT2D eigenvalue weighted by molar-refractivity contribution is 9.10. The number of nitrogens with zero attached hydrogens (tertiary/aromatic N) is 1. The zero-order valence-electron chi connectivity index (χ0n) is 10.7. The highest BCUT2D eigenvalue weighted by Gasteiger charge is 2.07. The van der Waals surface area contributed by atoms with Gasteiger partial charge in [0.15, 0.2) is 0 Å². The quantitative estimate of drug-likeness (QED) is 0.711. The molecule has 0 fully saturated rings. The number of aromatic nitrogens is 2. The average Bonchev–Trinajstić information content (AvgIpc) is 2.47. The van der Waals surface area contributed by atoms with Crippen LogP contribution in [0.5, 0.6) is 0 Å². The molecule has 3 aromatic rings. The molecular formula is C15H11BrN2OS. The molecule has 1 heterocycles. The number of thioether (sulfide) groups is 1. The maximum atomic E-state index is 12.1. The Labute approximate surface area is 128 Å². The van der Waals surface area contributed by atoms with Gasteiger partial charge in [0.2, 0.25) is 0 Å². The van der Waals surface area contributed by atoms with E-state index in [9.17, 15) is 4.79 Å². The number of hydrogen-bond donors (Lipinski definition) is 1. The molecule has 0 spiro atoms. The minimum absolute atomic E-state index is 0.115. The minimum Gasteiger partial charge on any atom is -0.306 e. The van der Waals surface area contributed by atoms with Gasteiger partial charge in [-0.2, -0.15) is 0 Å². The van der Waals surface area contributed by atoms with E-state index in [0.29, 0.717) is 16.7 Å². The van der Waals surface area contributed by atoms with Gasteiger partial charge in [0.25, 0.3) is 5.56 Å². The van der Waals surface area contributed by atoms with E-state index in [2.05, 4.69) is 25.9 Å². The molecule has 20 heavy (non-hydrogen) atoms. The molecule has 0 unspecified atom stereocenters. The predicted octanol–water partition coefficient (Wildman–Crippen LogP) is 4.07. The second-order valence-electron chi connectivity index (χ2n) is 4.28. The van der Waals surface area contributed by atoms with Gasteiger partial charge in [-0.25, -0.2) is 4.98 Å². The highest BCUT2D eigenvalue weighted by Crippen LogP contribution is 2.29. The van der Waals surface area contributed by atoms with Crippen molar-refractivity contribution in [3.8, 4) is 11.4 Å². The molecule has 0 saturated heterocycles. The molecule has 1 aromatic heterocycles. The summed E-state index contributed by atoms with van der Waals surface area (Å²) in [5.74, 6) is 0.585. The highest BCUT2D eigenvalue weighted by atomic mass is 79.9. The lowest BCUT2D eigenvalue weighted by Crippen LogP contribution is -2.09. The molecule has 0 aliphatic rings. The Kier molecular flexibility index (Phi) is 3.63. The van der Waals surface area contributed by atoms with Gasteiger partial charge in [-0.3, -0.25) is 4.79 Å². The van der Waals surface area contributed by atoms with Crippen molar-refractivity contribution in [1.29, 1.82) is 0 Å². The summed E-state index contributed by atoms with van der Waals surface area (Å²) >= 11 is 5.20. The van der Waals surface area contributed by atoms with Crippen molar-refractivity contribution >= 4 is 38.6 Å². The van der Waals surface area contributed by atoms with Crippen molar-refractivity contribution in [2.75, 3.05) is 6.26 Å². The molecule has 5 heteroatoms. The van der Waals surface area contributed by atoms with Crippen LogP contribution in [-0.2, 0) is 0 Å². The fraction of sp³-hybridized carbons (Fsp3) is 0.0667. The van der Waals surface area contributed by atoms with E-state index in [1.807, 2.05) is 42.7 Å². The van der Waals surface area contributed by atoms with E-state index in [1.54, 1.807) is 17.8 Å². The standard InChI is InChI=1S/C15H11BrN2OS/c1-20-13-7-6-9(8-11(13)16)14-17-12-5-3-2-4-10(12)15(19)18-14/h2-8H,1H3,(H,17,18,19). The molecule has 1 N–H and O–H groups in total. The Balaban J connectivity index is 2.19. The van der Waals surface area contributed by atoms with Crippen LogP contribution in [0, 0.1) is 0 Å². The normalized spacial score (nSPS) is 10.9. The third-order valence-corrected chi connectivity index (χ3v) is 4.75. The van der Waals surface area contributed by atoms with Gasteiger partial charge in [-0.1, -0.05) is 18.2 Å². The number of para-hydroxylation sites is 1. The third-order valence-electron chi connectivity index (χ3n) is 3.04. The lowest BCUT2D eigenvalue weighted by Gasteiger charge is -2.06. The summed E-state index contributed by atoms with van der Waals surface area (Å²) in [4.78, 5) is 20.6. The number of nitrogens with one attached hydrogen (secondary N) is 1. The Morgan fingerprint density at radius 1 is 1.20 bits per heavy atom. The van der Waals surface area contributed by atoms with E-state index in [-0.39, 0.29) is 5.56 Å². The molecule has 0 atom stereocenters. The molecule has 0 bridgehead atoms. The molecular weight excluding hydrogens is 336 g/mol. The Hall–Kier alpha value is -1.59. The number of fused-ring (bicyclic) bond motifs is 1. The summed E-state index contributed by atoms with van der Waals surface area (Å²) in [5, 5.41) is 0.607. The van der Waals surface area contributed by atoms with E-state index in [0.717, 1.165) is 14.9 Å². The van der Waals surface area contributed by atoms with Crippen LogP contribution >= 0.6 is 27.7 Å². The summed E-state index contributed by atoms with van der Waals surface area (Å²) < 4.78 is 0.998. The van der Waals surface area contributed by atoms with E-state index >= 15 is 0 Å². The zero-order valence-corrected chi connectivity index (χ0v) is 13.1. The van der Waals surface area contributed by atoms with Crippen LogP contribution < -0.4 is 5.56 Å². The fourth-order valence-corrected chi connectivity index (χ4v) is 3.36. The number of rotatable bonds is 2. The second-order valence-corrected chi connectivity index (χ2v) is 5.98. The van der Waals surface area contributed by atoms with Crippen LogP contribution in [-0.4, -0.2) is 16.2 Å². The lowest BCUT2D eigenvalue weighted by molar-refractivity contribution is 1.17. The number of aromatic amines is 1. The SMILES string of the molecule is CSc1ccc(-c2nc3ccccc3c(=O)[nH]2)cc1Br. The van der Waals surface area contributed by atoms with Gasteiger partial charge in [-0.15, -0.1) is 11.8 Å². The van der Waals surface area contributed by atoms with Gasteiger partial charge in [0.1, 0.15) is 5.82 Å². The summed E-state index contributed by atoms with van der Waals surface area (Å²) in [5.41, 5.74) is 1.48. The van der Waals surface area contributed by atoms with Crippen LogP contribution in [0.1, 0.15) is 0 Å². The first kappa shape index (κ1) is 13.4. The van der Waals surface area contributed by atoms with Gasteiger partial charge in [0.05, 0.1) is 10.9 Å². The van der Waals surface area contributed by atoms with Gasteiger partial charge < -0.3 is 4.98 Å². The second kappa shape index (κ2) is 5.42. The predicted molar refractivity (Wildman–Crippen MR) is 87.3 cm³/mol. The molecule has 0 amide bonds. The molecule has 2 aromatic carbocycles. The summed E-state index contributed by atoms with van der Waals surface area (Å²) in [6, 6.07) is 13.3. The van der Waals surface area contributed by atoms with Crippen molar-refractivity contribution < 1.29 is 0 Å². The maximum absolute atomic E-state index is 12.1. The molecule has 0 radical (unpaired) electrons. The summed E-state index contributed by atoms with van der Waals surface area (Å²) in [6.07, 6.45) is 2.02. The van der Waals surface area contributed by atoms with Crippen LogP contribution in [0.2, 0.25) is 0 Å². The van der Waals surface area contributed by atoms with E-state index in [1.165, 1.54) is 0 Å². The smallest absolute Gasteiger partial charge is 0.259 e. The monoisotopic (exact) mass is 346 g/mol. The molecule has 3 nitrogen and oxygen atoms in total. The van der Waals surface area contributed by atoms with Crippen molar-refractivity contribution in [1.82, 2.24) is 9.97 Å². The lowest BCUT2D eigenvalue weighted by atomic mass is 10.2. The van der Waals surface area contributed by atoms with Gasteiger partial charge >= 0.3 is 0 Å². The van der Waals surface area contributed by atoms with Crippen LogP contribution in [0.4, 0.5) is 0 Å². The Morgan fingerprint density at radius 2 is 2.00 bits per heavy atom. The largest absolute Gasteiger partial charge is 0.306 e. The first-order valence-corrected chi connectivity index (χ1v) is 8.04. The number of halogens is 1. The van der Waals surface area contributed by atoms with Crippen molar-refractivity contribution in [3.63, 3.8) is 0 Å². The number of benzene rings is 2. The Morgan fingerprint density at radius 3 is 2.75 bits per heavy atom. The molecule has 3 rings (SSSR count). The minimum atomic E-state index is -0.115. The maximum Gasteiger partial charge on any atom is 0.259 e. The van der Waals surface area contributed by atoms with Crippen LogP contribution in [0.3, 0.4) is 0 Å². The number of hydrogen-bond acceptors (Lipinski definition) is 3. The molecule has 0 saturated carbocycles. The van der Waals surface area contributed by atoms with E-state index < -0.39 is 0 Å². The van der Waals surface area contributed by atoms with Crippen molar-refractivity contribution in [2.45, 2.75) is 4.90 Å². The summed E-state index contributed by atoms with van der Waals surface area (Å²) in [7, 11) is 0. The molecule has 0 aliphatic heterocycles. The first-order valence-electron chi connectivity index (χ1n) is 6.02. The van der Waals surface area contributed by atoms with Crippen LogP contribution in [0.15, 0.2) is 56.6 Å². The topological polar surface area (TPSA) is 45.8 Å². The Bertz CT molecular complexity index is 845. The van der Waals surface area contributed by atoms with Gasteiger partial charge in [0, 0.05) is 14.9 Å². The van der Waals surface area contributed by atoms with Crippen LogP contribution in [0.25, 0.3) is 22.3 Å². The fourth-order valence-electron chi connectivity index (χ4n) is 2.04.